The average molecular weight is 243 g/mol. The van der Waals surface area contributed by atoms with Crippen molar-refractivity contribution in [2.45, 2.75) is 26.3 Å². The van der Waals surface area contributed by atoms with Crippen molar-refractivity contribution >= 4 is 11.5 Å². The minimum Gasteiger partial charge on any atom is -0.375 e. The third-order valence-corrected chi connectivity index (χ3v) is 2.84. The fraction of sp³-hybridized carbons (Fsp3) is 0.286. The molecule has 0 saturated carbocycles. The van der Waals surface area contributed by atoms with Gasteiger partial charge in [-0.25, -0.2) is 4.98 Å². The highest BCUT2D eigenvalue weighted by molar-refractivity contribution is 5.96. The Bertz CT molecular complexity index is 502. The molecule has 0 aliphatic heterocycles. The molecule has 0 aliphatic rings. The summed E-state index contributed by atoms with van der Waals surface area (Å²) in [5.74, 6) is 1.06. The first-order valence-corrected chi connectivity index (χ1v) is 6.09. The van der Waals surface area contributed by atoms with Crippen molar-refractivity contribution in [3.05, 3.63) is 48.0 Å². The summed E-state index contributed by atoms with van der Waals surface area (Å²) >= 11 is 0. The maximum Gasteiger partial charge on any atom is 0.162 e. The first kappa shape index (κ1) is 12.4. The van der Waals surface area contributed by atoms with Gasteiger partial charge in [-0.05, 0) is 31.2 Å². The van der Waals surface area contributed by atoms with Crippen molar-refractivity contribution < 1.29 is 4.79 Å². The van der Waals surface area contributed by atoms with Crippen molar-refractivity contribution in [3.63, 3.8) is 0 Å². The molecule has 94 valence electrons. The number of Topliss-reactive ketones (excluding diaryl/α,β-unsaturated/α-hetero) is 1. The van der Waals surface area contributed by atoms with Gasteiger partial charge in [0, 0.05) is 30.1 Å². The van der Waals surface area contributed by atoms with Gasteiger partial charge in [0.15, 0.2) is 5.78 Å². The first-order chi connectivity index (χ1) is 8.70. The van der Waals surface area contributed by atoms with Crippen LogP contribution in [0.15, 0.2) is 36.7 Å². The lowest BCUT2D eigenvalue weighted by molar-refractivity contribution is 0.0988. The Labute approximate surface area is 106 Å². The summed E-state index contributed by atoms with van der Waals surface area (Å²) in [6, 6.07) is 7.64. The van der Waals surface area contributed by atoms with Gasteiger partial charge in [-0.2, -0.15) is 0 Å². The van der Waals surface area contributed by atoms with Crippen molar-refractivity contribution in [2.24, 2.45) is 0 Å². The lowest BCUT2D eigenvalue weighted by Gasteiger charge is -2.13. The number of carbonyl (C=O) groups excluding carboxylic acids is 1. The highest BCUT2D eigenvalue weighted by Gasteiger charge is 2.08. The SMILES string of the molecule is CCC(=O)c1ccc(NC(C)c2ncc[nH]2)cc1. The van der Waals surface area contributed by atoms with Crippen molar-refractivity contribution in [3.8, 4) is 0 Å². The third-order valence-electron chi connectivity index (χ3n) is 2.84. The maximum atomic E-state index is 11.5. The second-order valence-electron chi connectivity index (χ2n) is 4.19. The number of benzene rings is 1. The molecule has 1 aromatic heterocycles. The van der Waals surface area contributed by atoms with Crippen LogP contribution in [0.3, 0.4) is 0 Å². The number of aromatic amines is 1. The van der Waals surface area contributed by atoms with Crippen LogP contribution in [0.5, 0.6) is 0 Å². The van der Waals surface area contributed by atoms with Gasteiger partial charge >= 0.3 is 0 Å². The predicted molar refractivity (Wildman–Crippen MR) is 71.7 cm³/mol. The highest BCUT2D eigenvalue weighted by Crippen LogP contribution is 2.17. The fourth-order valence-corrected chi connectivity index (χ4v) is 1.79. The Morgan fingerprint density at radius 3 is 2.67 bits per heavy atom. The van der Waals surface area contributed by atoms with Crippen molar-refractivity contribution in [2.75, 3.05) is 5.32 Å². The summed E-state index contributed by atoms with van der Waals surface area (Å²) < 4.78 is 0. The summed E-state index contributed by atoms with van der Waals surface area (Å²) in [7, 11) is 0. The Hall–Kier alpha value is -2.10. The zero-order chi connectivity index (χ0) is 13.0. The molecule has 0 spiro atoms. The average Bonchev–Trinajstić information content (AvgIpc) is 2.92. The minimum atomic E-state index is 0.104. The number of hydrogen-bond donors (Lipinski definition) is 2. The fourth-order valence-electron chi connectivity index (χ4n) is 1.79. The summed E-state index contributed by atoms with van der Waals surface area (Å²) in [6.45, 7) is 3.90. The molecule has 2 aromatic rings. The maximum absolute atomic E-state index is 11.5. The molecule has 0 bridgehead atoms. The quantitative estimate of drug-likeness (QED) is 0.793. The van der Waals surface area contributed by atoms with E-state index in [1.54, 1.807) is 12.4 Å². The Morgan fingerprint density at radius 2 is 2.11 bits per heavy atom. The van der Waals surface area contributed by atoms with Crippen LogP contribution >= 0.6 is 0 Å². The van der Waals surface area contributed by atoms with E-state index >= 15 is 0 Å². The van der Waals surface area contributed by atoms with Gasteiger partial charge in [0.2, 0.25) is 0 Å². The summed E-state index contributed by atoms with van der Waals surface area (Å²) in [5, 5.41) is 3.32. The van der Waals surface area contributed by atoms with Crippen molar-refractivity contribution in [1.29, 1.82) is 0 Å². The molecule has 1 heterocycles. The van der Waals surface area contributed by atoms with Gasteiger partial charge in [-0.1, -0.05) is 6.92 Å². The van der Waals surface area contributed by atoms with E-state index < -0.39 is 0 Å². The number of H-pyrrole nitrogens is 1. The normalized spacial score (nSPS) is 12.1. The zero-order valence-corrected chi connectivity index (χ0v) is 10.6. The van der Waals surface area contributed by atoms with E-state index in [9.17, 15) is 4.79 Å². The van der Waals surface area contributed by atoms with E-state index in [4.69, 9.17) is 0 Å². The van der Waals surface area contributed by atoms with Crippen LogP contribution in [-0.2, 0) is 0 Å². The van der Waals surface area contributed by atoms with Gasteiger partial charge in [0.1, 0.15) is 5.82 Å². The number of anilines is 1. The molecule has 18 heavy (non-hydrogen) atoms. The van der Waals surface area contributed by atoms with E-state index in [0.29, 0.717) is 6.42 Å². The zero-order valence-electron chi connectivity index (χ0n) is 10.6. The van der Waals surface area contributed by atoms with E-state index in [-0.39, 0.29) is 11.8 Å². The predicted octanol–water partition coefficient (Wildman–Crippen LogP) is 3.18. The largest absolute Gasteiger partial charge is 0.375 e. The van der Waals surface area contributed by atoms with E-state index in [1.807, 2.05) is 38.1 Å². The molecule has 4 nitrogen and oxygen atoms in total. The topological polar surface area (TPSA) is 57.8 Å². The molecule has 1 atom stereocenters. The standard InChI is InChI=1S/C14H17N3O/c1-3-13(18)11-4-6-12(7-5-11)17-10(2)14-15-8-9-16-14/h4-10,17H,3H2,1-2H3,(H,15,16). The molecule has 0 aliphatic carbocycles. The molecule has 0 amide bonds. The van der Waals surface area contributed by atoms with Crippen LogP contribution < -0.4 is 5.32 Å². The first-order valence-electron chi connectivity index (χ1n) is 6.09. The van der Waals surface area contributed by atoms with Crippen LogP contribution in [0.25, 0.3) is 0 Å². The number of hydrogen-bond acceptors (Lipinski definition) is 3. The molecule has 0 saturated heterocycles. The van der Waals surface area contributed by atoms with Crippen molar-refractivity contribution in [1.82, 2.24) is 9.97 Å². The minimum absolute atomic E-state index is 0.104. The molecular weight excluding hydrogens is 226 g/mol. The number of carbonyl (C=O) groups is 1. The second kappa shape index (κ2) is 5.49. The smallest absolute Gasteiger partial charge is 0.162 e. The van der Waals surface area contributed by atoms with Gasteiger partial charge in [-0.15, -0.1) is 0 Å². The molecule has 2 rings (SSSR count). The number of ketones is 1. The molecule has 2 N–H and O–H groups in total. The second-order valence-corrected chi connectivity index (χ2v) is 4.19. The van der Waals surface area contributed by atoms with Gasteiger partial charge in [0.25, 0.3) is 0 Å². The highest BCUT2D eigenvalue weighted by atomic mass is 16.1. The van der Waals surface area contributed by atoms with Crippen LogP contribution in [-0.4, -0.2) is 15.8 Å². The summed E-state index contributed by atoms with van der Waals surface area (Å²) in [5.41, 5.74) is 1.74. The third kappa shape index (κ3) is 2.77. The Balaban J connectivity index is 2.04. The van der Waals surface area contributed by atoms with Gasteiger partial charge in [-0.3, -0.25) is 4.79 Å². The molecule has 4 heteroatoms. The van der Waals surface area contributed by atoms with E-state index in [2.05, 4.69) is 15.3 Å². The summed E-state index contributed by atoms with van der Waals surface area (Å²) in [4.78, 5) is 18.8. The monoisotopic (exact) mass is 243 g/mol. The van der Waals surface area contributed by atoms with Crippen LogP contribution in [0.4, 0.5) is 5.69 Å². The van der Waals surface area contributed by atoms with Crippen LogP contribution in [0.1, 0.15) is 42.5 Å². The Kier molecular flexibility index (Phi) is 3.77. The van der Waals surface area contributed by atoms with Gasteiger partial charge < -0.3 is 10.3 Å². The molecule has 1 aromatic carbocycles. The number of aromatic nitrogens is 2. The van der Waals surface area contributed by atoms with Gasteiger partial charge in [0.05, 0.1) is 6.04 Å². The van der Waals surface area contributed by atoms with E-state index in [0.717, 1.165) is 17.1 Å². The lowest BCUT2D eigenvalue weighted by atomic mass is 10.1. The number of nitrogens with one attached hydrogen (secondary N) is 2. The number of rotatable bonds is 5. The number of nitrogens with zero attached hydrogens (tertiary/aromatic N) is 1. The molecule has 1 unspecified atom stereocenters. The van der Waals surface area contributed by atoms with Crippen LogP contribution in [0.2, 0.25) is 0 Å². The van der Waals surface area contributed by atoms with Crippen LogP contribution in [0, 0.1) is 0 Å². The number of imidazole rings is 1. The molecule has 0 radical (unpaired) electrons. The molecular formula is C14H17N3O. The Morgan fingerprint density at radius 1 is 1.39 bits per heavy atom. The molecule has 0 fully saturated rings. The lowest BCUT2D eigenvalue weighted by Crippen LogP contribution is -2.08. The van der Waals surface area contributed by atoms with E-state index in [1.165, 1.54) is 0 Å². The summed E-state index contributed by atoms with van der Waals surface area (Å²) in [6.07, 6.45) is 4.07.